The van der Waals surface area contributed by atoms with Crippen LogP contribution < -0.4 is 14.4 Å². The Morgan fingerprint density at radius 1 is 1.11 bits per heavy atom. The van der Waals surface area contributed by atoms with E-state index in [-0.39, 0.29) is 36.7 Å². The molecule has 0 bridgehead atoms. The molecule has 1 aliphatic heterocycles. The van der Waals surface area contributed by atoms with Crippen LogP contribution in [0.5, 0.6) is 5.75 Å². The van der Waals surface area contributed by atoms with E-state index >= 15 is 0 Å². The van der Waals surface area contributed by atoms with Crippen LogP contribution in [0.1, 0.15) is 32.8 Å². The van der Waals surface area contributed by atoms with Gasteiger partial charge in [-0.25, -0.2) is 13.2 Å². The molecule has 210 valence electrons. The van der Waals surface area contributed by atoms with Crippen molar-refractivity contribution in [2.75, 3.05) is 29.0 Å². The standard InChI is InChI=1S/C23H27F3N2O8S2/c1-22(2,3)36-21(29)27-16-8-9-20-19(13-16)28(14-17(35-20)10-11-34-37(4,30)31)38(32,33)18-7-5-6-15(12-18)23(24,25)26/h5-9,12-13,17H,10-11,14H2,1-4H3,(H,27,29)/t17-/m0/s1. The number of amides is 1. The van der Waals surface area contributed by atoms with E-state index < -0.39 is 54.6 Å². The molecule has 0 fully saturated rings. The van der Waals surface area contributed by atoms with Crippen molar-refractivity contribution in [3.63, 3.8) is 0 Å². The molecule has 10 nitrogen and oxygen atoms in total. The Labute approximate surface area is 218 Å². The Morgan fingerprint density at radius 2 is 1.79 bits per heavy atom. The Hall–Kier alpha value is -3.04. The third-order valence-corrected chi connectivity index (χ3v) is 7.39. The van der Waals surface area contributed by atoms with Crippen LogP contribution >= 0.6 is 0 Å². The lowest BCUT2D eigenvalue weighted by atomic mass is 10.1. The number of fused-ring (bicyclic) bond motifs is 1. The highest BCUT2D eigenvalue weighted by Gasteiger charge is 2.37. The normalized spacial score (nSPS) is 16.4. The summed E-state index contributed by atoms with van der Waals surface area (Å²) in [6.45, 7) is 4.29. The summed E-state index contributed by atoms with van der Waals surface area (Å²) in [5, 5.41) is 2.48. The summed E-state index contributed by atoms with van der Waals surface area (Å²) in [5.74, 6) is 0.0471. The Morgan fingerprint density at radius 3 is 2.39 bits per heavy atom. The lowest BCUT2D eigenvalue weighted by Gasteiger charge is -2.36. The van der Waals surface area contributed by atoms with E-state index in [0.717, 1.165) is 28.8 Å². The molecular weight excluding hydrogens is 553 g/mol. The first-order valence-electron chi connectivity index (χ1n) is 11.2. The summed E-state index contributed by atoms with van der Waals surface area (Å²) < 4.78 is 106. The second kappa shape index (κ2) is 10.6. The molecule has 1 heterocycles. The molecule has 0 aliphatic carbocycles. The largest absolute Gasteiger partial charge is 0.486 e. The maximum Gasteiger partial charge on any atom is 0.416 e. The first-order valence-corrected chi connectivity index (χ1v) is 14.5. The summed E-state index contributed by atoms with van der Waals surface area (Å²) in [6, 6.07) is 7.37. The molecule has 1 N–H and O–H groups in total. The third kappa shape index (κ3) is 7.74. The predicted octanol–water partition coefficient (Wildman–Crippen LogP) is 4.38. The first-order chi connectivity index (χ1) is 17.3. The average Bonchev–Trinajstić information content (AvgIpc) is 2.76. The van der Waals surface area contributed by atoms with Gasteiger partial charge in [0.25, 0.3) is 20.1 Å². The van der Waals surface area contributed by atoms with Crippen LogP contribution in [0.25, 0.3) is 0 Å². The zero-order chi connectivity index (χ0) is 28.5. The molecule has 0 unspecified atom stereocenters. The van der Waals surface area contributed by atoms with Crippen LogP contribution in [-0.2, 0) is 35.2 Å². The van der Waals surface area contributed by atoms with Crippen molar-refractivity contribution >= 4 is 37.6 Å². The van der Waals surface area contributed by atoms with Crippen LogP contribution in [0.3, 0.4) is 0 Å². The van der Waals surface area contributed by atoms with Crippen molar-refractivity contribution in [2.24, 2.45) is 0 Å². The highest BCUT2D eigenvalue weighted by molar-refractivity contribution is 7.92. The van der Waals surface area contributed by atoms with Gasteiger partial charge in [0.05, 0.1) is 35.6 Å². The van der Waals surface area contributed by atoms with Gasteiger partial charge in [-0.15, -0.1) is 0 Å². The van der Waals surface area contributed by atoms with E-state index in [1.807, 2.05) is 0 Å². The molecule has 3 rings (SSSR count). The third-order valence-electron chi connectivity index (χ3n) is 5.02. The number of hydrogen-bond acceptors (Lipinski definition) is 8. The number of carbonyl (C=O) groups excluding carboxylic acids is 1. The summed E-state index contributed by atoms with van der Waals surface area (Å²) in [4.78, 5) is 11.6. The van der Waals surface area contributed by atoms with Gasteiger partial charge in [0.2, 0.25) is 0 Å². The lowest BCUT2D eigenvalue weighted by molar-refractivity contribution is -0.137. The fourth-order valence-electron chi connectivity index (χ4n) is 3.48. The lowest BCUT2D eigenvalue weighted by Crippen LogP contribution is -2.44. The quantitative estimate of drug-likeness (QED) is 0.478. The van der Waals surface area contributed by atoms with Crippen molar-refractivity contribution in [2.45, 2.75) is 50.0 Å². The van der Waals surface area contributed by atoms with Crippen LogP contribution in [-0.4, -0.2) is 54.0 Å². The minimum Gasteiger partial charge on any atom is -0.486 e. The van der Waals surface area contributed by atoms with E-state index in [0.29, 0.717) is 6.07 Å². The predicted molar refractivity (Wildman–Crippen MR) is 132 cm³/mol. The number of nitrogens with one attached hydrogen (secondary N) is 1. The summed E-state index contributed by atoms with van der Waals surface area (Å²) in [5.41, 5.74) is -1.85. The maximum absolute atomic E-state index is 13.6. The van der Waals surface area contributed by atoms with Gasteiger partial charge in [-0.05, 0) is 57.2 Å². The molecule has 38 heavy (non-hydrogen) atoms. The number of alkyl halides is 3. The van der Waals surface area contributed by atoms with Crippen molar-refractivity contribution in [3.05, 3.63) is 48.0 Å². The van der Waals surface area contributed by atoms with Crippen LogP contribution in [0.2, 0.25) is 0 Å². The molecule has 2 aromatic rings. The molecular formula is C23H27F3N2O8S2. The summed E-state index contributed by atoms with van der Waals surface area (Å²) in [7, 11) is -8.33. The summed E-state index contributed by atoms with van der Waals surface area (Å²) in [6.07, 6.45) is -5.66. The number of anilines is 2. The number of hydrogen-bond donors (Lipinski definition) is 1. The van der Waals surface area contributed by atoms with Crippen molar-refractivity contribution < 1.29 is 48.5 Å². The van der Waals surface area contributed by atoms with Crippen LogP contribution in [0, 0.1) is 0 Å². The zero-order valence-corrected chi connectivity index (χ0v) is 22.5. The van der Waals surface area contributed by atoms with Gasteiger partial charge >= 0.3 is 12.3 Å². The fraction of sp³-hybridized carbons (Fsp3) is 0.435. The van der Waals surface area contributed by atoms with Crippen molar-refractivity contribution in [3.8, 4) is 5.75 Å². The van der Waals surface area contributed by atoms with Gasteiger partial charge in [0.15, 0.2) is 0 Å². The molecule has 1 aliphatic rings. The van der Waals surface area contributed by atoms with E-state index in [4.69, 9.17) is 13.7 Å². The SMILES string of the molecule is CC(C)(C)OC(=O)Nc1ccc2c(c1)N(S(=O)(=O)c1cccc(C(F)(F)F)c1)C[C@H](CCOS(C)(=O)=O)O2. The number of rotatable bonds is 7. The smallest absolute Gasteiger partial charge is 0.416 e. The van der Waals surface area contributed by atoms with Gasteiger partial charge in [0.1, 0.15) is 17.5 Å². The number of halogens is 3. The summed E-state index contributed by atoms with van der Waals surface area (Å²) >= 11 is 0. The van der Waals surface area contributed by atoms with Gasteiger partial charge in [-0.3, -0.25) is 13.8 Å². The molecule has 1 amide bonds. The minimum atomic E-state index is -4.77. The first kappa shape index (κ1) is 29.5. The van der Waals surface area contributed by atoms with E-state index in [9.17, 15) is 34.8 Å². The Balaban J connectivity index is 2.00. The molecule has 0 saturated heterocycles. The molecule has 2 aromatic carbocycles. The average molecular weight is 581 g/mol. The maximum atomic E-state index is 13.6. The highest BCUT2D eigenvalue weighted by Crippen LogP contribution is 2.40. The second-order valence-electron chi connectivity index (χ2n) is 9.43. The fourth-order valence-corrected chi connectivity index (χ4v) is 5.42. The van der Waals surface area contributed by atoms with E-state index in [1.54, 1.807) is 20.8 Å². The Kier molecular flexibility index (Phi) is 8.24. The molecule has 0 saturated carbocycles. The van der Waals surface area contributed by atoms with Crippen molar-refractivity contribution in [1.29, 1.82) is 0 Å². The van der Waals surface area contributed by atoms with Gasteiger partial charge in [0, 0.05) is 12.1 Å². The molecule has 0 radical (unpaired) electrons. The molecule has 1 atom stereocenters. The number of carbonyl (C=O) groups is 1. The minimum absolute atomic E-state index is 0.0426. The number of nitrogens with zero attached hydrogens (tertiary/aromatic N) is 1. The van der Waals surface area contributed by atoms with Gasteiger partial charge in [-0.1, -0.05) is 6.07 Å². The zero-order valence-electron chi connectivity index (χ0n) is 20.9. The van der Waals surface area contributed by atoms with E-state index in [2.05, 4.69) is 5.32 Å². The topological polar surface area (TPSA) is 128 Å². The monoisotopic (exact) mass is 580 g/mol. The Bertz CT molecular complexity index is 1400. The number of benzene rings is 2. The second-order valence-corrected chi connectivity index (χ2v) is 12.9. The van der Waals surface area contributed by atoms with Crippen molar-refractivity contribution in [1.82, 2.24) is 0 Å². The molecule has 0 aromatic heterocycles. The highest BCUT2D eigenvalue weighted by atomic mass is 32.2. The van der Waals surface area contributed by atoms with Gasteiger partial charge in [-0.2, -0.15) is 21.6 Å². The van der Waals surface area contributed by atoms with Crippen LogP contribution in [0.15, 0.2) is 47.4 Å². The van der Waals surface area contributed by atoms with Gasteiger partial charge < -0.3 is 9.47 Å². The molecule has 0 spiro atoms. The van der Waals surface area contributed by atoms with Crippen LogP contribution in [0.4, 0.5) is 29.3 Å². The number of sulfonamides is 1. The molecule has 15 heteroatoms. The number of ether oxygens (including phenoxy) is 2. The van der Waals surface area contributed by atoms with E-state index in [1.165, 1.54) is 18.2 Å².